The van der Waals surface area contributed by atoms with Gasteiger partial charge in [0.1, 0.15) is 11.5 Å². The number of hydrogen-bond donors (Lipinski definition) is 1. The molecule has 0 aliphatic heterocycles. The van der Waals surface area contributed by atoms with Crippen molar-refractivity contribution in [2.24, 2.45) is 0 Å². The van der Waals surface area contributed by atoms with Gasteiger partial charge in [-0.2, -0.15) is 17.7 Å². The average Bonchev–Trinajstić information content (AvgIpc) is 3.13. The molecule has 0 bridgehead atoms. The zero-order valence-electron chi connectivity index (χ0n) is 16.5. The Morgan fingerprint density at radius 3 is 2.52 bits per heavy atom. The van der Waals surface area contributed by atoms with Crippen molar-refractivity contribution in [3.05, 3.63) is 88.6 Å². The van der Waals surface area contributed by atoms with Crippen molar-refractivity contribution in [2.45, 2.75) is 6.18 Å². The van der Waals surface area contributed by atoms with Crippen LogP contribution in [0, 0.1) is 5.82 Å². The first kappa shape index (κ1) is 20.5. The van der Waals surface area contributed by atoms with Gasteiger partial charge < -0.3 is 5.32 Å². The molecular weight excluding hydrogens is 440 g/mol. The summed E-state index contributed by atoms with van der Waals surface area (Å²) < 4.78 is 55.5. The van der Waals surface area contributed by atoms with Crippen molar-refractivity contribution in [1.29, 1.82) is 0 Å². The maximum absolute atomic E-state index is 14.4. The molecule has 3 aromatic heterocycles. The normalized spacial score (nSPS) is 11.8. The number of nitrogens with zero attached hydrogens (tertiary/aromatic N) is 5. The number of nitrogens with one attached hydrogen (secondary N) is 1. The van der Waals surface area contributed by atoms with Gasteiger partial charge in [0.2, 0.25) is 5.95 Å². The van der Waals surface area contributed by atoms with Crippen LogP contribution >= 0.6 is 0 Å². The molecule has 33 heavy (non-hydrogen) atoms. The molecule has 0 spiro atoms. The van der Waals surface area contributed by atoms with E-state index in [9.17, 15) is 22.4 Å². The molecule has 5 aromatic rings. The van der Waals surface area contributed by atoms with Crippen LogP contribution in [0.1, 0.15) is 5.56 Å². The van der Waals surface area contributed by atoms with E-state index in [-0.39, 0.29) is 39.6 Å². The highest BCUT2D eigenvalue weighted by Gasteiger charge is 2.31. The van der Waals surface area contributed by atoms with E-state index in [0.717, 1.165) is 16.6 Å². The van der Waals surface area contributed by atoms with Crippen molar-refractivity contribution in [2.75, 3.05) is 5.32 Å². The van der Waals surface area contributed by atoms with E-state index in [1.165, 1.54) is 36.5 Å². The van der Waals surface area contributed by atoms with Crippen LogP contribution in [0.5, 0.6) is 0 Å². The molecule has 11 heteroatoms. The molecule has 0 unspecified atom stereocenters. The number of anilines is 2. The summed E-state index contributed by atoms with van der Waals surface area (Å²) in [6.45, 7) is 0. The molecule has 7 nitrogen and oxygen atoms in total. The molecule has 0 fully saturated rings. The van der Waals surface area contributed by atoms with E-state index in [1.807, 2.05) is 0 Å². The van der Waals surface area contributed by atoms with Crippen LogP contribution in [0.15, 0.2) is 71.7 Å². The number of benzene rings is 2. The smallest absolute Gasteiger partial charge is 0.319 e. The lowest BCUT2D eigenvalue weighted by Gasteiger charge is -2.10. The molecule has 3 heterocycles. The lowest BCUT2D eigenvalue weighted by molar-refractivity contribution is -0.137. The second-order valence-corrected chi connectivity index (χ2v) is 6.99. The van der Waals surface area contributed by atoms with Crippen molar-refractivity contribution >= 4 is 28.2 Å². The Hall–Kier alpha value is -4.41. The summed E-state index contributed by atoms with van der Waals surface area (Å²) in [5.41, 5.74) is -1.18. The second-order valence-electron chi connectivity index (χ2n) is 6.99. The Morgan fingerprint density at radius 1 is 0.939 bits per heavy atom. The molecule has 0 saturated heterocycles. The minimum atomic E-state index is -4.58. The molecule has 0 saturated carbocycles. The largest absolute Gasteiger partial charge is 0.416 e. The van der Waals surface area contributed by atoms with Crippen LogP contribution in [0.2, 0.25) is 0 Å². The first-order valence-electron chi connectivity index (χ1n) is 9.56. The fraction of sp³-hybridized carbons (Fsp3) is 0.0455. The standard InChI is InChI=1S/C22H12F4N6O/c23-15-6-2-1-5-13(15)18-30-19-14-11-12(22(24,25)26)8-9-16(14)28-21(32(19)31-18)29-17-7-3-4-10-27-20(17)33/h1-11H,(H,27,28,29,33). The Balaban J connectivity index is 1.80. The summed E-state index contributed by atoms with van der Waals surface area (Å²) in [4.78, 5) is 24.6. The minimum Gasteiger partial charge on any atom is -0.319 e. The predicted molar refractivity (Wildman–Crippen MR) is 112 cm³/mol. The van der Waals surface area contributed by atoms with Gasteiger partial charge in [-0.25, -0.2) is 19.3 Å². The number of halogens is 4. The lowest BCUT2D eigenvalue weighted by Crippen LogP contribution is -2.12. The Labute approximate surface area is 182 Å². The van der Waals surface area contributed by atoms with Gasteiger partial charge >= 0.3 is 6.18 Å². The zero-order valence-corrected chi connectivity index (χ0v) is 16.5. The third-order valence-electron chi connectivity index (χ3n) is 4.84. The first-order valence-corrected chi connectivity index (χ1v) is 9.56. The van der Waals surface area contributed by atoms with Gasteiger partial charge in [0.15, 0.2) is 11.5 Å². The predicted octanol–water partition coefficient (Wildman–Crippen LogP) is 4.60. The van der Waals surface area contributed by atoms with Gasteiger partial charge in [-0.15, -0.1) is 5.10 Å². The van der Waals surface area contributed by atoms with Crippen LogP contribution < -0.4 is 10.9 Å². The zero-order chi connectivity index (χ0) is 23.2. The van der Waals surface area contributed by atoms with Crippen molar-refractivity contribution in [1.82, 2.24) is 24.6 Å². The van der Waals surface area contributed by atoms with Crippen LogP contribution in [0.4, 0.5) is 29.2 Å². The molecule has 2 aromatic carbocycles. The van der Waals surface area contributed by atoms with Crippen LogP contribution in [0.3, 0.4) is 0 Å². The molecular formula is C22H12F4N6O. The Bertz CT molecular complexity index is 1580. The summed E-state index contributed by atoms with van der Waals surface area (Å²) in [6.07, 6.45) is -3.26. The second kappa shape index (κ2) is 7.62. The third-order valence-corrected chi connectivity index (χ3v) is 4.84. The van der Waals surface area contributed by atoms with Gasteiger partial charge in [-0.1, -0.05) is 18.2 Å². The number of alkyl halides is 3. The van der Waals surface area contributed by atoms with E-state index < -0.39 is 23.1 Å². The van der Waals surface area contributed by atoms with Crippen LogP contribution in [0.25, 0.3) is 27.9 Å². The van der Waals surface area contributed by atoms with E-state index in [1.54, 1.807) is 18.2 Å². The topological polar surface area (TPSA) is 85.1 Å². The maximum atomic E-state index is 14.4. The van der Waals surface area contributed by atoms with Gasteiger partial charge in [-0.05, 0) is 42.5 Å². The molecule has 0 aliphatic rings. The Morgan fingerprint density at radius 2 is 1.73 bits per heavy atom. The quantitative estimate of drug-likeness (QED) is 0.403. The van der Waals surface area contributed by atoms with Crippen molar-refractivity contribution < 1.29 is 17.6 Å². The van der Waals surface area contributed by atoms with Gasteiger partial charge in [0.25, 0.3) is 5.56 Å². The molecule has 0 radical (unpaired) electrons. The van der Waals surface area contributed by atoms with Gasteiger partial charge in [0, 0.05) is 11.6 Å². The fourth-order valence-corrected chi connectivity index (χ4v) is 3.29. The molecule has 0 amide bonds. The number of hydrogen-bond acceptors (Lipinski definition) is 6. The first-order chi connectivity index (χ1) is 15.8. The summed E-state index contributed by atoms with van der Waals surface area (Å²) in [6, 6.07) is 13.3. The molecule has 1 N–H and O–H groups in total. The van der Waals surface area contributed by atoms with Gasteiger partial charge in [-0.3, -0.25) is 4.79 Å². The highest BCUT2D eigenvalue weighted by atomic mass is 19.4. The lowest BCUT2D eigenvalue weighted by atomic mass is 10.1. The van der Waals surface area contributed by atoms with Crippen LogP contribution in [-0.2, 0) is 6.18 Å². The van der Waals surface area contributed by atoms with Crippen molar-refractivity contribution in [3.63, 3.8) is 0 Å². The molecule has 0 aliphatic carbocycles. The average molecular weight is 452 g/mol. The van der Waals surface area contributed by atoms with E-state index in [4.69, 9.17) is 0 Å². The minimum absolute atomic E-state index is 0.00236. The van der Waals surface area contributed by atoms with Crippen LogP contribution in [-0.4, -0.2) is 24.6 Å². The Kier molecular flexibility index (Phi) is 4.73. The highest BCUT2D eigenvalue weighted by molar-refractivity contribution is 5.93. The fourth-order valence-electron chi connectivity index (χ4n) is 3.29. The number of fused-ring (bicyclic) bond motifs is 3. The van der Waals surface area contributed by atoms with E-state index >= 15 is 0 Å². The summed E-state index contributed by atoms with van der Waals surface area (Å²) in [7, 11) is 0. The summed E-state index contributed by atoms with van der Waals surface area (Å²) in [5, 5.41) is 7.13. The molecule has 5 rings (SSSR count). The maximum Gasteiger partial charge on any atom is 0.416 e. The monoisotopic (exact) mass is 452 g/mol. The van der Waals surface area contributed by atoms with E-state index in [0.29, 0.717) is 0 Å². The molecule has 0 atom stereocenters. The number of rotatable bonds is 3. The summed E-state index contributed by atoms with van der Waals surface area (Å²) in [5.74, 6) is -0.656. The van der Waals surface area contributed by atoms with Gasteiger partial charge in [0.05, 0.1) is 16.6 Å². The number of aromatic nitrogens is 5. The van der Waals surface area contributed by atoms with E-state index in [2.05, 4.69) is 25.4 Å². The molecule has 164 valence electrons. The third kappa shape index (κ3) is 3.73. The summed E-state index contributed by atoms with van der Waals surface area (Å²) >= 11 is 0. The highest BCUT2D eigenvalue weighted by Crippen LogP contribution is 2.33. The van der Waals surface area contributed by atoms with Crippen molar-refractivity contribution in [3.8, 4) is 11.4 Å². The SMILES string of the molecule is O=c1nccccc1Nc1nc2ccc(C(F)(F)F)cc2c2nc(-c3ccccc3F)nn12.